The van der Waals surface area contributed by atoms with Crippen molar-refractivity contribution in [2.75, 3.05) is 19.7 Å². The summed E-state index contributed by atoms with van der Waals surface area (Å²) in [6.45, 7) is 13.4. The molecule has 0 unspecified atom stereocenters. The summed E-state index contributed by atoms with van der Waals surface area (Å²) in [5.41, 5.74) is 1.11. The van der Waals surface area contributed by atoms with E-state index >= 15 is 0 Å². The number of rotatable bonds is 8. The van der Waals surface area contributed by atoms with Gasteiger partial charge in [0.1, 0.15) is 5.01 Å². The van der Waals surface area contributed by atoms with Gasteiger partial charge >= 0.3 is 0 Å². The van der Waals surface area contributed by atoms with Gasteiger partial charge in [-0.15, -0.1) is 35.3 Å². The number of nitrogens with zero attached hydrogens (tertiary/aromatic N) is 2. The summed E-state index contributed by atoms with van der Waals surface area (Å²) in [5.74, 6) is 0.840. The molecule has 0 aromatic carbocycles. The highest BCUT2D eigenvalue weighted by molar-refractivity contribution is 14.0. The highest BCUT2D eigenvalue weighted by Crippen LogP contribution is 2.16. The minimum absolute atomic E-state index is 0. The van der Waals surface area contributed by atoms with Gasteiger partial charge in [-0.3, -0.25) is 0 Å². The second-order valence-electron chi connectivity index (χ2n) is 5.14. The molecule has 1 heterocycles. The Labute approximate surface area is 155 Å². The van der Waals surface area contributed by atoms with Crippen LogP contribution in [0.4, 0.5) is 0 Å². The van der Waals surface area contributed by atoms with Crippen LogP contribution in [0.3, 0.4) is 0 Å². The minimum atomic E-state index is 0. The van der Waals surface area contributed by atoms with Crippen molar-refractivity contribution in [3.05, 3.63) is 15.6 Å². The molecule has 0 fully saturated rings. The van der Waals surface area contributed by atoms with Crippen LogP contribution in [0.25, 0.3) is 0 Å². The van der Waals surface area contributed by atoms with Crippen LogP contribution >= 0.6 is 35.3 Å². The van der Waals surface area contributed by atoms with E-state index in [1.165, 1.54) is 4.88 Å². The van der Waals surface area contributed by atoms with E-state index in [1.807, 2.05) is 6.92 Å². The number of thiazole rings is 1. The fourth-order valence-electron chi connectivity index (χ4n) is 1.69. The molecule has 5 nitrogen and oxygen atoms in total. The van der Waals surface area contributed by atoms with E-state index in [0.29, 0.717) is 12.6 Å². The first-order chi connectivity index (χ1) is 10.0. The topological polar surface area (TPSA) is 58.5 Å². The zero-order chi connectivity index (χ0) is 15.7. The van der Waals surface area contributed by atoms with Gasteiger partial charge in [-0.2, -0.15) is 0 Å². The van der Waals surface area contributed by atoms with E-state index in [4.69, 9.17) is 4.74 Å². The number of halogens is 1. The normalized spacial score (nSPS) is 11.5. The monoisotopic (exact) mass is 440 g/mol. The highest BCUT2D eigenvalue weighted by Gasteiger charge is 2.03. The molecule has 22 heavy (non-hydrogen) atoms. The highest BCUT2D eigenvalue weighted by atomic mass is 127. The van der Waals surface area contributed by atoms with E-state index < -0.39 is 0 Å². The van der Waals surface area contributed by atoms with Gasteiger partial charge in [0.25, 0.3) is 0 Å². The molecule has 1 aromatic rings. The van der Waals surface area contributed by atoms with Gasteiger partial charge in [0.2, 0.25) is 0 Å². The summed E-state index contributed by atoms with van der Waals surface area (Å²) in [4.78, 5) is 10.3. The number of nitrogens with one attached hydrogen (secondary N) is 2. The lowest BCUT2D eigenvalue weighted by atomic mass is 10.4. The van der Waals surface area contributed by atoms with Crippen LogP contribution in [-0.2, 0) is 11.3 Å². The van der Waals surface area contributed by atoms with Crippen molar-refractivity contribution in [3.63, 3.8) is 0 Å². The molecule has 0 spiro atoms. The predicted octanol–water partition coefficient (Wildman–Crippen LogP) is 3.25. The standard InChI is InChI=1S/C15H28N4OS.HI/c1-6-16-15(17-8-7-9-20-11(2)3)18-10-14-19-12(4)13(5)21-14;/h11H,6-10H2,1-5H3,(H2,16,17,18);1H. The second kappa shape index (κ2) is 12.1. The number of ether oxygens (including phenoxy) is 1. The first-order valence-corrected chi connectivity index (χ1v) is 8.41. The van der Waals surface area contributed by atoms with Crippen LogP contribution < -0.4 is 10.6 Å². The Morgan fingerprint density at radius 2 is 2.05 bits per heavy atom. The SMILES string of the molecule is CCNC(=NCc1nc(C)c(C)s1)NCCCOC(C)C.I. The van der Waals surface area contributed by atoms with E-state index in [1.54, 1.807) is 11.3 Å². The van der Waals surface area contributed by atoms with Gasteiger partial charge in [-0.25, -0.2) is 9.98 Å². The molecule has 1 aromatic heterocycles. The van der Waals surface area contributed by atoms with Crippen LogP contribution in [0.2, 0.25) is 0 Å². The quantitative estimate of drug-likeness (QED) is 0.282. The number of hydrogen-bond donors (Lipinski definition) is 2. The summed E-state index contributed by atoms with van der Waals surface area (Å²) < 4.78 is 5.52. The molecular weight excluding hydrogens is 411 g/mol. The van der Waals surface area contributed by atoms with Crippen LogP contribution in [0.15, 0.2) is 4.99 Å². The lowest BCUT2D eigenvalue weighted by molar-refractivity contribution is 0.0776. The Balaban J connectivity index is 0.00000441. The molecule has 0 saturated carbocycles. The van der Waals surface area contributed by atoms with Crippen LogP contribution in [-0.4, -0.2) is 36.7 Å². The third-order valence-corrected chi connectivity index (χ3v) is 3.91. The van der Waals surface area contributed by atoms with Crippen molar-refractivity contribution in [3.8, 4) is 0 Å². The van der Waals surface area contributed by atoms with Crippen LogP contribution in [0, 0.1) is 13.8 Å². The van der Waals surface area contributed by atoms with Crippen molar-refractivity contribution in [1.29, 1.82) is 0 Å². The summed E-state index contributed by atoms with van der Waals surface area (Å²) in [6.07, 6.45) is 1.27. The number of guanidine groups is 1. The van der Waals surface area contributed by atoms with Gasteiger partial charge in [0, 0.05) is 24.6 Å². The Morgan fingerprint density at radius 1 is 1.32 bits per heavy atom. The molecule has 0 aliphatic heterocycles. The second-order valence-corrected chi connectivity index (χ2v) is 6.43. The molecular formula is C15H29IN4OS. The average Bonchev–Trinajstić information content (AvgIpc) is 2.74. The van der Waals surface area contributed by atoms with Gasteiger partial charge < -0.3 is 15.4 Å². The maximum Gasteiger partial charge on any atom is 0.191 e. The molecule has 0 atom stereocenters. The molecule has 0 bridgehead atoms. The maximum absolute atomic E-state index is 5.52. The smallest absolute Gasteiger partial charge is 0.191 e. The van der Waals surface area contributed by atoms with Crippen molar-refractivity contribution in [2.45, 2.75) is 53.7 Å². The van der Waals surface area contributed by atoms with Gasteiger partial charge in [-0.05, 0) is 41.0 Å². The molecule has 0 aliphatic carbocycles. The average molecular weight is 440 g/mol. The summed E-state index contributed by atoms with van der Waals surface area (Å²) >= 11 is 1.72. The number of hydrogen-bond acceptors (Lipinski definition) is 4. The Kier molecular flexibility index (Phi) is 11.8. The third-order valence-electron chi connectivity index (χ3n) is 2.85. The minimum Gasteiger partial charge on any atom is -0.379 e. The van der Waals surface area contributed by atoms with E-state index in [2.05, 4.69) is 48.3 Å². The zero-order valence-electron chi connectivity index (χ0n) is 14.2. The number of aryl methyl sites for hydroxylation is 2. The van der Waals surface area contributed by atoms with Crippen molar-refractivity contribution in [2.24, 2.45) is 4.99 Å². The van der Waals surface area contributed by atoms with E-state index in [9.17, 15) is 0 Å². The molecule has 0 aliphatic rings. The largest absolute Gasteiger partial charge is 0.379 e. The van der Waals surface area contributed by atoms with Crippen molar-refractivity contribution < 1.29 is 4.74 Å². The molecule has 128 valence electrons. The van der Waals surface area contributed by atoms with E-state index in [-0.39, 0.29) is 24.0 Å². The summed E-state index contributed by atoms with van der Waals surface area (Å²) in [6, 6.07) is 0. The van der Waals surface area contributed by atoms with Crippen LogP contribution in [0.5, 0.6) is 0 Å². The fraction of sp³-hybridized carbons (Fsp3) is 0.733. The predicted molar refractivity (Wildman–Crippen MR) is 106 cm³/mol. The van der Waals surface area contributed by atoms with Gasteiger partial charge in [0.05, 0.1) is 18.3 Å². The third kappa shape index (κ3) is 8.89. The lowest BCUT2D eigenvalue weighted by Gasteiger charge is -2.11. The van der Waals surface area contributed by atoms with Crippen LogP contribution in [0.1, 0.15) is 42.8 Å². The molecule has 7 heteroatoms. The number of aliphatic imine (C=N–C) groups is 1. The van der Waals surface area contributed by atoms with E-state index in [0.717, 1.165) is 42.8 Å². The fourth-order valence-corrected chi connectivity index (χ4v) is 2.55. The number of aromatic nitrogens is 1. The molecule has 1 rings (SSSR count). The first kappa shape index (κ1) is 21.6. The van der Waals surface area contributed by atoms with Crippen molar-refractivity contribution in [1.82, 2.24) is 15.6 Å². The van der Waals surface area contributed by atoms with Crippen molar-refractivity contribution >= 4 is 41.3 Å². The summed E-state index contributed by atoms with van der Waals surface area (Å²) in [7, 11) is 0. The Morgan fingerprint density at radius 3 is 2.59 bits per heavy atom. The molecule has 2 N–H and O–H groups in total. The van der Waals surface area contributed by atoms with Gasteiger partial charge in [-0.1, -0.05) is 0 Å². The first-order valence-electron chi connectivity index (χ1n) is 7.59. The van der Waals surface area contributed by atoms with Gasteiger partial charge in [0.15, 0.2) is 5.96 Å². The summed E-state index contributed by atoms with van der Waals surface area (Å²) in [5, 5.41) is 7.63. The zero-order valence-corrected chi connectivity index (χ0v) is 17.4. The Hall–Kier alpha value is -0.410. The Bertz CT molecular complexity index is 429. The maximum atomic E-state index is 5.52. The lowest BCUT2D eigenvalue weighted by Crippen LogP contribution is -2.38. The molecule has 0 radical (unpaired) electrons. The molecule has 0 saturated heterocycles. The molecule has 0 amide bonds.